The normalized spacial score (nSPS) is 11.5. The van der Waals surface area contributed by atoms with Crippen molar-refractivity contribution in [3.05, 3.63) is 70.4 Å². The van der Waals surface area contributed by atoms with E-state index in [1.54, 1.807) is 22.7 Å². The molecule has 2 heterocycles. The van der Waals surface area contributed by atoms with E-state index in [9.17, 15) is 10.0 Å². The minimum absolute atomic E-state index is 0. The molecule has 4 aromatic rings. The number of hydrogen-bond donors (Lipinski definition) is 2. The van der Waals surface area contributed by atoms with Crippen molar-refractivity contribution in [2.75, 3.05) is 0 Å². The average molecular weight is 409 g/mol. The Bertz CT molecular complexity index is 1020. The molecule has 0 aliphatic carbocycles. The molecule has 7 heteroatoms. The molecule has 3 N–H and O–H groups in total. The maximum absolute atomic E-state index is 11.9. The van der Waals surface area contributed by atoms with Crippen LogP contribution in [0.4, 0.5) is 4.79 Å². The van der Waals surface area contributed by atoms with Crippen LogP contribution >= 0.6 is 22.7 Å². The molecule has 0 aliphatic heterocycles. The Morgan fingerprint density at radius 3 is 1.81 bits per heavy atom. The van der Waals surface area contributed by atoms with E-state index in [-0.39, 0.29) is 51.4 Å². The van der Waals surface area contributed by atoms with Gasteiger partial charge in [-0.15, -0.1) is 22.7 Å². The Morgan fingerprint density at radius 1 is 0.962 bits per heavy atom. The Labute approximate surface area is 201 Å². The van der Waals surface area contributed by atoms with E-state index in [4.69, 9.17) is 5.73 Å². The van der Waals surface area contributed by atoms with Gasteiger partial charge in [0.15, 0.2) is 0 Å². The van der Waals surface area contributed by atoms with Gasteiger partial charge in [0.05, 0.1) is 0 Å². The van der Waals surface area contributed by atoms with Gasteiger partial charge in [-0.3, -0.25) is 5.21 Å². The van der Waals surface area contributed by atoms with Crippen LogP contribution in [0.2, 0.25) is 0 Å². The van der Waals surface area contributed by atoms with Gasteiger partial charge in [0.2, 0.25) is 0 Å². The van der Waals surface area contributed by atoms with Crippen LogP contribution in [0.25, 0.3) is 20.2 Å². The topological polar surface area (TPSA) is 66.6 Å². The number of hydrogen-bond acceptors (Lipinski definition) is 4. The molecule has 4 rings (SSSR count). The second-order valence-corrected chi connectivity index (χ2v) is 7.84. The number of rotatable bonds is 3. The first-order valence-corrected chi connectivity index (χ1v) is 9.51. The van der Waals surface area contributed by atoms with Crippen molar-refractivity contribution in [1.29, 1.82) is 0 Å². The van der Waals surface area contributed by atoms with Crippen LogP contribution in [0.1, 0.15) is 18.1 Å². The Hall–Kier alpha value is -0.774. The summed E-state index contributed by atoms with van der Waals surface area (Å²) >= 11 is 3.17. The van der Waals surface area contributed by atoms with E-state index in [1.165, 1.54) is 0 Å². The number of primary amides is 1. The van der Waals surface area contributed by atoms with Gasteiger partial charge in [-0.05, 0) is 40.6 Å². The fraction of sp³-hybridized carbons (Fsp3) is 0.105. The summed E-state index contributed by atoms with van der Waals surface area (Å²) in [5, 5.41) is 17.3. The summed E-state index contributed by atoms with van der Waals surface area (Å²) in [5.41, 5.74) is 6.11. The first kappa shape index (κ1) is 20.0. The van der Waals surface area contributed by atoms with Crippen molar-refractivity contribution in [2.24, 2.45) is 5.73 Å². The Kier molecular flexibility index (Phi) is 5.91. The number of urea groups is 1. The van der Waals surface area contributed by atoms with Crippen molar-refractivity contribution in [2.45, 2.75) is 12.5 Å². The summed E-state index contributed by atoms with van der Waals surface area (Å²) in [6, 6.07) is 15.0. The van der Waals surface area contributed by atoms with Crippen LogP contribution < -0.4 is 5.73 Å². The summed E-state index contributed by atoms with van der Waals surface area (Å²) in [6.07, 6.45) is 0. The van der Waals surface area contributed by atoms with Gasteiger partial charge in [0.1, 0.15) is 5.54 Å². The molecule has 0 bridgehead atoms. The fourth-order valence-corrected chi connectivity index (χ4v) is 5.43. The van der Waals surface area contributed by atoms with Crippen LogP contribution in [0.3, 0.4) is 0 Å². The van der Waals surface area contributed by atoms with Crippen molar-refractivity contribution in [3.8, 4) is 0 Å². The number of fused-ring (bicyclic) bond motifs is 2. The Balaban J connectivity index is 0.00000196. The van der Waals surface area contributed by atoms with Gasteiger partial charge in [0, 0.05) is 20.5 Å². The summed E-state index contributed by atoms with van der Waals surface area (Å²) in [7, 11) is 0. The van der Waals surface area contributed by atoms with Gasteiger partial charge in [0.25, 0.3) is 0 Å². The number of carbonyl (C=O) groups excluding carboxylic acids is 1. The predicted molar refractivity (Wildman–Crippen MR) is 110 cm³/mol. The summed E-state index contributed by atoms with van der Waals surface area (Å²) in [4.78, 5) is 11.9. The first-order chi connectivity index (χ1) is 12.0. The molecule has 0 saturated heterocycles. The number of nitrogens with zero attached hydrogens (tertiary/aromatic N) is 1. The van der Waals surface area contributed by atoms with Crippen LogP contribution in [-0.2, 0) is 5.54 Å². The number of benzene rings is 2. The quantitative estimate of drug-likeness (QED) is 0.298. The van der Waals surface area contributed by atoms with Crippen LogP contribution in [0.5, 0.6) is 0 Å². The molecular weight excluding hydrogens is 391 g/mol. The van der Waals surface area contributed by atoms with Gasteiger partial charge < -0.3 is 5.73 Å². The second-order valence-electron chi connectivity index (χ2n) is 6.01. The van der Waals surface area contributed by atoms with Gasteiger partial charge in [-0.1, -0.05) is 36.4 Å². The van der Waals surface area contributed by atoms with E-state index in [1.807, 2.05) is 66.2 Å². The molecule has 4 nitrogen and oxygen atoms in total. The molecule has 26 heavy (non-hydrogen) atoms. The van der Waals surface area contributed by atoms with Crippen LogP contribution in [0.15, 0.2) is 59.3 Å². The SMILES string of the molecule is CC(c1csc2ccccc12)(c1csc2ccccc12)N(O)C(N)=O.[KH]. The van der Waals surface area contributed by atoms with Crippen molar-refractivity contribution >= 4 is 100 Å². The number of hydroxylamine groups is 2. The molecule has 2 aromatic carbocycles. The molecule has 0 radical (unpaired) electrons. The van der Waals surface area contributed by atoms with Crippen molar-refractivity contribution < 1.29 is 10.0 Å². The third kappa shape index (κ3) is 3.06. The van der Waals surface area contributed by atoms with E-state index in [2.05, 4.69) is 0 Å². The zero-order valence-corrected chi connectivity index (χ0v) is 15.1. The molecular formula is C19H17KN2O2S2. The van der Waals surface area contributed by atoms with Gasteiger partial charge in [-0.25, -0.2) is 4.79 Å². The summed E-state index contributed by atoms with van der Waals surface area (Å²) in [6.45, 7) is 1.83. The van der Waals surface area contributed by atoms with E-state index < -0.39 is 11.6 Å². The second kappa shape index (κ2) is 7.69. The molecule has 2 amide bonds. The molecule has 0 unspecified atom stereocenters. The third-order valence-electron chi connectivity index (χ3n) is 4.64. The van der Waals surface area contributed by atoms with E-state index in [0.717, 1.165) is 31.3 Å². The summed E-state index contributed by atoms with van der Waals surface area (Å²) in [5.74, 6) is 0. The number of carbonyl (C=O) groups is 1. The van der Waals surface area contributed by atoms with Gasteiger partial charge in [-0.2, -0.15) is 5.06 Å². The minimum atomic E-state index is -1.08. The molecule has 0 fully saturated rings. The predicted octanol–water partition coefficient (Wildman–Crippen LogP) is 4.50. The fourth-order valence-electron chi connectivity index (χ4n) is 3.30. The molecule has 0 atom stereocenters. The average Bonchev–Trinajstić information content (AvgIpc) is 3.25. The number of amides is 2. The molecule has 0 aliphatic rings. The van der Waals surface area contributed by atoms with Crippen LogP contribution in [0, 0.1) is 0 Å². The van der Waals surface area contributed by atoms with Crippen molar-refractivity contribution in [3.63, 3.8) is 0 Å². The van der Waals surface area contributed by atoms with Gasteiger partial charge >= 0.3 is 57.4 Å². The number of nitrogens with two attached hydrogens (primary N) is 1. The molecule has 128 valence electrons. The van der Waals surface area contributed by atoms with E-state index >= 15 is 0 Å². The van der Waals surface area contributed by atoms with E-state index in [0.29, 0.717) is 5.06 Å². The standard InChI is InChI=1S/C19H16N2O2S2.K.H/c1-19(21(23)18(20)22,14-10-24-16-8-4-2-6-12(14)16)15-11-25-17-9-5-3-7-13(15)17;;/h2-11,23H,1H3,(H2,20,22);;. The molecule has 0 saturated carbocycles. The monoisotopic (exact) mass is 408 g/mol. The maximum atomic E-state index is 11.9. The molecule has 0 spiro atoms. The van der Waals surface area contributed by atoms with Crippen LogP contribution in [-0.4, -0.2) is 67.7 Å². The van der Waals surface area contributed by atoms with Crippen molar-refractivity contribution in [1.82, 2.24) is 5.06 Å². The number of thiophene rings is 2. The first-order valence-electron chi connectivity index (χ1n) is 7.75. The zero-order valence-electron chi connectivity index (χ0n) is 13.5. The molecule has 2 aromatic heterocycles. The Morgan fingerprint density at radius 2 is 1.38 bits per heavy atom. The summed E-state index contributed by atoms with van der Waals surface area (Å²) < 4.78 is 2.20. The third-order valence-corrected chi connectivity index (χ3v) is 6.57. The zero-order chi connectivity index (χ0) is 17.6.